The van der Waals surface area contributed by atoms with Crippen molar-refractivity contribution in [3.63, 3.8) is 0 Å². The fraction of sp³-hybridized carbons (Fsp3) is 0.333. The number of carbonyl (C=O) groups is 1. The van der Waals surface area contributed by atoms with Crippen LogP contribution in [0.5, 0.6) is 5.88 Å². The van der Waals surface area contributed by atoms with E-state index in [1.54, 1.807) is 0 Å². The highest BCUT2D eigenvalue weighted by Gasteiger charge is 2.22. The van der Waals surface area contributed by atoms with E-state index in [1.165, 1.54) is 0 Å². The third-order valence-electron chi connectivity index (χ3n) is 1.96. The summed E-state index contributed by atoms with van der Waals surface area (Å²) < 4.78 is 30.0. The van der Waals surface area contributed by atoms with Crippen LogP contribution in [0.3, 0.4) is 0 Å². The molecule has 7 heteroatoms. The molecule has 1 aromatic heterocycles. The van der Waals surface area contributed by atoms with Gasteiger partial charge in [-0.2, -0.15) is 0 Å². The molecule has 3 N–H and O–H groups in total. The number of carboxylic acid groups (broad SMARTS) is 1. The molecule has 0 saturated heterocycles. The van der Waals surface area contributed by atoms with Crippen molar-refractivity contribution in [2.24, 2.45) is 5.73 Å². The lowest BCUT2D eigenvalue weighted by atomic mass is 10.1. The number of nitrogens with zero attached hydrogens (tertiary/aromatic N) is 1. The topological polar surface area (TPSA) is 85.4 Å². The number of aromatic carboxylic acids is 1. The molecule has 88 valence electrons. The normalized spacial score (nSPS) is 10.6. The predicted octanol–water partition coefficient (Wildman–Crippen LogP) is 1.18. The first-order valence-electron chi connectivity index (χ1n) is 4.30. The number of methoxy groups -OCH3 is 1. The van der Waals surface area contributed by atoms with Crippen LogP contribution in [0.4, 0.5) is 8.78 Å². The molecule has 0 aromatic carbocycles. The van der Waals surface area contributed by atoms with Crippen LogP contribution in [0.25, 0.3) is 0 Å². The van der Waals surface area contributed by atoms with E-state index in [-0.39, 0.29) is 17.8 Å². The number of aromatic nitrogens is 1. The maximum atomic E-state index is 12.7. The minimum atomic E-state index is -2.82. The number of hydrogen-bond acceptors (Lipinski definition) is 4. The van der Waals surface area contributed by atoms with Crippen LogP contribution in [-0.2, 0) is 6.54 Å². The molecule has 1 heterocycles. The molecule has 0 aliphatic rings. The van der Waals surface area contributed by atoms with E-state index >= 15 is 0 Å². The summed E-state index contributed by atoms with van der Waals surface area (Å²) in [6.45, 7) is -0.209. The minimum absolute atomic E-state index is 0.0132. The van der Waals surface area contributed by atoms with E-state index in [4.69, 9.17) is 10.8 Å². The van der Waals surface area contributed by atoms with Gasteiger partial charge in [-0.05, 0) is 11.6 Å². The molecule has 0 atom stereocenters. The zero-order valence-electron chi connectivity index (χ0n) is 8.41. The second-order valence-corrected chi connectivity index (χ2v) is 2.90. The summed E-state index contributed by atoms with van der Waals surface area (Å²) in [5, 5.41) is 8.71. The number of hydrogen-bond donors (Lipinski definition) is 2. The van der Waals surface area contributed by atoms with Crippen LogP contribution in [0.15, 0.2) is 6.07 Å². The first-order valence-corrected chi connectivity index (χ1v) is 4.30. The van der Waals surface area contributed by atoms with Gasteiger partial charge in [0.15, 0.2) is 5.69 Å². The average molecular weight is 232 g/mol. The summed E-state index contributed by atoms with van der Waals surface area (Å²) in [4.78, 5) is 14.1. The highest BCUT2D eigenvalue weighted by atomic mass is 19.3. The molecule has 0 unspecified atom stereocenters. The number of ether oxygens (including phenoxy) is 1. The van der Waals surface area contributed by atoms with Gasteiger partial charge in [0, 0.05) is 6.54 Å². The summed E-state index contributed by atoms with van der Waals surface area (Å²) in [6.07, 6.45) is -2.82. The summed E-state index contributed by atoms with van der Waals surface area (Å²) in [5.74, 6) is -1.73. The molecule has 0 radical (unpaired) electrons. The summed E-state index contributed by atoms with van der Waals surface area (Å²) >= 11 is 0. The van der Waals surface area contributed by atoms with Crippen LogP contribution in [0, 0.1) is 0 Å². The van der Waals surface area contributed by atoms with Crippen molar-refractivity contribution < 1.29 is 23.4 Å². The monoisotopic (exact) mass is 232 g/mol. The molecule has 0 saturated carbocycles. The molecule has 1 aromatic rings. The highest BCUT2D eigenvalue weighted by molar-refractivity contribution is 5.85. The molecule has 0 fully saturated rings. The average Bonchev–Trinajstić information content (AvgIpc) is 2.26. The van der Waals surface area contributed by atoms with Crippen molar-refractivity contribution in [3.05, 3.63) is 22.9 Å². The van der Waals surface area contributed by atoms with Crippen LogP contribution in [-0.4, -0.2) is 23.2 Å². The molecule has 0 spiro atoms. The van der Waals surface area contributed by atoms with Crippen molar-refractivity contribution >= 4 is 5.97 Å². The van der Waals surface area contributed by atoms with Gasteiger partial charge in [-0.1, -0.05) is 0 Å². The van der Waals surface area contributed by atoms with Crippen molar-refractivity contribution in [2.75, 3.05) is 7.11 Å². The van der Waals surface area contributed by atoms with Crippen molar-refractivity contribution in [1.29, 1.82) is 0 Å². The molecule has 1 rings (SSSR count). The van der Waals surface area contributed by atoms with Gasteiger partial charge in [0.1, 0.15) is 0 Å². The van der Waals surface area contributed by atoms with E-state index in [0.29, 0.717) is 0 Å². The van der Waals surface area contributed by atoms with E-state index in [1.807, 2.05) is 0 Å². The first kappa shape index (κ1) is 12.3. The zero-order valence-corrected chi connectivity index (χ0v) is 8.41. The lowest BCUT2D eigenvalue weighted by Crippen LogP contribution is -2.10. The number of halogens is 2. The largest absolute Gasteiger partial charge is 0.481 e. The molecule has 0 aliphatic carbocycles. The van der Waals surface area contributed by atoms with Crippen molar-refractivity contribution in [2.45, 2.75) is 13.0 Å². The summed E-state index contributed by atoms with van der Waals surface area (Å²) in [5.41, 5.74) is 4.45. The van der Waals surface area contributed by atoms with Gasteiger partial charge in [0.25, 0.3) is 6.43 Å². The Kier molecular flexibility index (Phi) is 3.73. The van der Waals surface area contributed by atoms with Crippen LogP contribution < -0.4 is 10.5 Å². The molecular weight excluding hydrogens is 222 g/mol. The minimum Gasteiger partial charge on any atom is -0.481 e. The Morgan fingerprint density at radius 2 is 2.31 bits per heavy atom. The number of alkyl halides is 2. The number of rotatable bonds is 4. The van der Waals surface area contributed by atoms with Gasteiger partial charge in [-0.15, -0.1) is 0 Å². The maximum absolute atomic E-state index is 12.7. The van der Waals surface area contributed by atoms with Crippen molar-refractivity contribution in [3.8, 4) is 5.88 Å². The number of nitrogens with two attached hydrogens (primary N) is 1. The highest BCUT2D eigenvalue weighted by Crippen LogP contribution is 2.31. The Morgan fingerprint density at radius 3 is 2.69 bits per heavy atom. The fourth-order valence-corrected chi connectivity index (χ4v) is 1.25. The van der Waals surface area contributed by atoms with E-state index in [2.05, 4.69) is 9.72 Å². The maximum Gasteiger partial charge on any atom is 0.354 e. The molecule has 0 bridgehead atoms. The number of pyridine rings is 1. The Hall–Kier alpha value is -1.76. The van der Waals surface area contributed by atoms with E-state index in [0.717, 1.165) is 13.2 Å². The third kappa shape index (κ3) is 2.25. The van der Waals surface area contributed by atoms with E-state index < -0.39 is 23.8 Å². The Balaban J connectivity index is 3.42. The molecule has 0 amide bonds. The van der Waals surface area contributed by atoms with E-state index in [9.17, 15) is 13.6 Å². The lowest BCUT2D eigenvalue weighted by Gasteiger charge is -2.12. The smallest absolute Gasteiger partial charge is 0.354 e. The Bertz CT molecular complexity index is 385. The summed E-state index contributed by atoms with van der Waals surface area (Å²) in [6, 6.07) is 1.02. The molecule has 16 heavy (non-hydrogen) atoms. The fourth-order valence-electron chi connectivity index (χ4n) is 1.25. The molecule has 0 aliphatic heterocycles. The van der Waals surface area contributed by atoms with Gasteiger partial charge in [-0.3, -0.25) is 0 Å². The van der Waals surface area contributed by atoms with Crippen LogP contribution >= 0.6 is 0 Å². The van der Waals surface area contributed by atoms with Gasteiger partial charge in [0.2, 0.25) is 5.88 Å². The van der Waals surface area contributed by atoms with Gasteiger partial charge in [0.05, 0.1) is 12.7 Å². The third-order valence-corrected chi connectivity index (χ3v) is 1.96. The second kappa shape index (κ2) is 4.84. The molecule has 5 nitrogen and oxygen atoms in total. The van der Waals surface area contributed by atoms with Gasteiger partial charge < -0.3 is 15.6 Å². The predicted molar refractivity (Wildman–Crippen MR) is 50.6 cm³/mol. The standard InChI is InChI=1S/C9H10F2N2O3/c1-16-8-6(7(10)11)4(3-12)2-5(13-8)9(14)15/h2,7H,3,12H2,1H3,(H,14,15). The Labute approximate surface area is 89.9 Å². The summed E-state index contributed by atoms with van der Waals surface area (Å²) in [7, 11) is 1.14. The Morgan fingerprint density at radius 1 is 1.69 bits per heavy atom. The zero-order chi connectivity index (χ0) is 12.3. The van der Waals surface area contributed by atoms with Crippen LogP contribution in [0.1, 0.15) is 28.0 Å². The second-order valence-electron chi connectivity index (χ2n) is 2.90. The molecular formula is C9H10F2N2O3. The van der Waals surface area contributed by atoms with Gasteiger partial charge in [-0.25, -0.2) is 18.6 Å². The van der Waals surface area contributed by atoms with Crippen LogP contribution in [0.2, 0.25) is 0 Å². The quantitative estimate of drug-likeness (QED) is 0.814. The lowest BCUT2D eigenvalue weighted by molar-refractivity contribution is 0.0688. The first-order chi connectivity index (χ1) is 7.51. The van der Waals surface area contributed by atoms with Crippen molar-refractivity contribution in [1.82, 2.24) is 4.98 Å². The SMILES string of the molecule is COc1nc(C(=O)O)cc(CN)c1C(F)F. The van der Waals surface area contributed by atoms with Gasteiger partial charge >= 0.3 is 5.97 Å². The number of carboxylic acids is 1.